The van der Waals surface area contributed by atoms with Crippen molar-refractivity contribution in [3.63, 3.8) is 0 Å². The fourth-order valence-electron chi connectivity index (χ4n) is 5.10. The van der Waals surface area contributed by atoms with Crippen LogP contribution in [0.1, 0.15) is 71.4 Å². The molecule has 0 radical (unpaired) electrons. The first kappa shape index (κ1) is 37.9. The van der Waals surface area contributed by atoms with Gasteiger partial charge >= 0.3 is 0 Å². The SMILES string of the molecule is CCC[C@H](NC(=O)[C@H](Cc1ccccc1)NC(=O)[C@H](Cc1ccccc1)NC(=O)[C@@H](N)CC(C)C)C(=O)N[C@@H](CC(C)C)C(N)=O. The number of rotatable bonds is 19. The van der Waals surface area contributed by atoms with Crippen LogP contribution in [-0.2, 0) is 36.8 Å². The molecule has 0 aliphatic carbocycles. The third-order valence-electron chi connectivity index (χ3n) is 7.47. The molecule has 2 aromatic rings. The van der Waals surface area contributed by atoms with Crippen molar-refractivity contribution < 1.29 is 24.0 Å². The molecule has 11 heteroatoms. The number of hydrogen-bond donors (Lipinski definition) is 6. The monoisotopic (exact) mass is 636 g/mol. The van der Waals surface area contributed by atoms with Gasteiger partial charge in [0, 0.05) is 12.8 Å². The molecule has 0 unspecified atom stereocenters. The zero-order valence-electron chi connectivity index (χ0n) is 27.8. The summed E-state index contributed by atoms with van der Waals surface area (Å²) in [6, 6.07) is 13.7. The van der Waals surface area contributed by atoms with E-state index in [1.165, 1.54) is 0 Å². The lowest BCUT2D eigenvalue weighted by molar-refractivity contribution is -0.134. The highest BCUT2D eigenvalue weighted by Gasteiger charge is 2.32. The number of carbonyl (C=O) groups is 5. The molecule has 0 saturated carbocycles. The highest BCUT2D eigenvalue weighted by atomic mass is 16.2. The first-order valence-electron chi connectivity index (χ1n) is 16.1. The van der Waals surface area contributed by atoms with Crippen molar-refractivity contribution in [2.45, 2.75) is 103 Å². The highest BCUT2D eigenvalue weighted by Crippen LogP contribution is 2.10. The van der Waals surface area contributed by atoms with Crippen molar-refractivity contribution in [2.75, 3.05) is 0 Å². The Labute approximate surface area is 273 Å². The van der Waals surface area contributed by atoms with Gasteiger partial charge in [-0.2, -0.15) is 0 Å². The van der Waals surface area contributed by atoms with E-state index in [4.69, 9.17) is 11.5 Å². The van der Waals surface area contributed by atoms with Gasteiger partial charge in [-0.3, -0.25) is 24.0 Å². The maximum absolute atomic E-state index is 13.8. The summed E-state index contributed by atoms with van der Waals surface area (Å²) in [5.41, 5.74) is 13.3. The van der Waals surface area contributed by atoms with Crippen LogP contribution >= 0.6 is 0 Å². The minimum absolute atomic E-state index is 0.103. The van der Waals surface area contributed by atoms with Gasteiger partial charge in [0.05, 0.1) is 6.04 Å². The molecule has 46 heavy (non-hydrogen) atoms. The van der Waals surface area contributed by atoms with Gasteiger partial charge in [-0.1, -0.05) is 102 Å². The second kappa shape index (κ2) is 19.3. The summed E-state index contributed by atoms with van der Waals surface area (Å²) < 4.78 is 0. The molecule has 0 fully saturated rings. The van der Waals surface area contributed by atoms with Crippen molar-refractivity contribution in [2.24, 2.45) is 23.3 Å². The average molecular weight is 637 g/mol. The quantitative estimate of drug-likeness (QED) is 0.137. The van der Waals surface area contributed by atoms with Crippen molar-refractivity contribution in [1.29, 1.82) is 0 Å². The van der Waals surface area contributed by atoms with E-state index in [1.54, 1.807) is 0 Å². The Hall–Kier alpha value is -4.25. The lowest BCUT2D eigenvalue weighted by Crippen LogP contribution is -2.59. The summed E-state index contributed by atoms with van der Waals surface area (Å²) in [4.78, 5) is 65.9. The molecule has 5 atom stereocenters. The van der Waals surface area contributed by atoms with Gasteiger partial charge in [-0.05, 0) is 42.2 Å². The van der Waals surface area contributed by atoms with Crippen LogP contribution in [0.4, 0.5) is 0 Å². The van der Waals surface area contributed by atoms with Gasteiger partial charge in [0.25, 0.3) is 0 Å². The number of nitrogens with two attached hydrogens (primary N) is 2. The number of primary amides is 1. The molecule has 8 N–H and O–H groups in total. The molecule has 2 rings (SSSR count). The van der Waals surface area contributed by atoms with E-state index in [9.17, 15) is 24.0 Å². The van der Waals surface area contributed by atoms with Gasteiger partial charge < -0.3 is 32.7 Å². The van der Waals surface area contributed by atoms with E-state index in [-0.39, 0.29) is 24.7 Å². The highest BCUT2D eigenvalue weighted by molar-refractivity contribution is 5.96. The van der Waals surface area contributed by atoms with Crippen LogP contribution in [0.5, 0.6) is 0 Å². The molecule has 0 aromatic heterocycles. The van der Waals surface area contributed by atoms with E-state index in [2.05, 4.69) is 21.3 Å². The maximum atomic E-state index is 13.8. The molecule has 0 aliphatic rings. The summed E-state index contributed by atoms with van der Waals surface area (Å²) in [5, 5.41) is 11.1. The normalized spacial score (nSPS) is 14.4. The van der Waals surface area contributed by atoms with Gasteiger partial charge in [0.1, 0.15) is 24.2 Å². The van der Waals surface area contributed by atoms with E-state index in [1.807, 2.05) is 95.3 Å². The second-order valence-electron chi connectivity index (χ2n) is 12.7. The third kappa shape index (κ3) is 13.4. The standard InChI is InChI=1S/C35H52N6O5/c1-6-13-27(33(44)39-28(31(37)42)19-23(4)5)38-34(45)30(21-25-16-11-8-12-17-25)41-35(46)29(20-24-14-9-7-10-15-24)40-32(43)26(36)18-22(2)3/h7-12,14-17,22-23,26-30H,6,13,18-21,36H2,1-5H3,(H2,37,42)(H,38,45)(H,39,44)(H,40,43)(H,41,46)/t26-,27-,28-,29-,30-/m0/s1. The van der Waals surface area contributed by atoms with Crippen LogP contribution in [0.25, 0.3) is 0 Å². The molecule has 5 amide bonds. The molecule has 252 valence electrons. The molecular weight excluding hydrogens is 584 g/mol. The first-order valence-corrected chi connectivity index (χ1v) is 16.1. The largest absolute Gasteiger partial charge is 0.368 e. The van der Waals surface area contributed by atoms with E-state index >= 15 is 0 Å². The summed E-state index contributed by atoms with van der Waals surface area (Å²) in [5.74, 6) is -2.50. The predicted molar refractivity (Wildman–Crippen MR) is 179 cm³/mol. The number of amides is 5. The van der Waals surface area contributed by atoms with Crippen LogP contribution in [0.15, 0.2) is 60.7 Å². The van der Waals surface area contributed by atoms with E-state index < -0.39 is 59.7 Å². The number of nitrogens with one attached hydrogen (secondary N) is 4. The Balaban J connectivity index is 2.33. The van der Waals surface area contributed by atoms with Crippen LogP contribution in [0.2, 0.25) is 0 Å². The molecule has 0 heterocycles. The first-order chi connectivity index (χ1) is 21.8. The Morgan fingerprint density at radius 1 is 0.587 bits per heavy atom. The Morgan fingerprint density at radius 2 is 0.978 bits per heavy atom. The molecule has 0 saturated heterocycles. The molecule has 2 aromatic carbocycles. The van der Waals surface area contributed by atoms with Crippen LogP contribution in [0, 0.1) is 11.8 Å². The Bertz CT molecular complexity index is 1270. The summed E-state index contributed by atoms with van der Waals surface area (Å²) in [6.45, 7) is 9.61. The Kier molecular flexibility index (Phi) is 15.9. The molecule has 11 nitrogen and oxygen atoms in total. The van der Waals surface area contributed by atoms with Crippen LogP contribution < -0.4 is 32.7 Å². The smallest absolute Gasteiger partial charge is 0.243 e. The molecular formula is C35H52N6O5. The Morgan fingerprint density at radius 3 is 1.39 bits per heavy atom. The van der Waals surface area contributed by atoms with Crippen LogP contribution in [0.3, 0.4) is 0 Å². The van der Waals surface area contributed by atoms with Gasteiger partial charge in [0.2, 0.25) is 29.5 Å². The summed E-state index contributed by atoms with van der Waals surface area (Å²) >= 11 is 0. The average Bonchev–Trinajstić information content (AvgIpc) is 3.00. The topological polar surface area (TPSA) is 186 Å². The van der Waals surface area contributed by atoms with Gasteiger partial charge in [-0.25, -0.2) is 0 Å². The van der Waals surface area contributed by atoms with E-state index in [0.29, 0.717) is 25.7 Å². The van der Waals surface area contributed by atoms with Crippen molar-refractivity contribution in [3.05, 3.63) is 71.8 Å². The van der Waals surface area contributed by atoms with E-state index in [0.717, 1.165) is 11.1 Å². The summed E-state index contributed by atoms with van der Waals surface area (Å²) in [6.07, 6.45) is 1.99. The molecule has 0 spiro atoms. The maximum Gasteiger partial charge on any atom is 0.243 e. The van der Waals surface area contributed by atoms with Gasteiger partial charge in [-0.15, -0.1) is 0 Å². The zero-order valence-corrected chi connectivity index (χ0v) is 27.8. The van der Waals surface area contributed by atoms with Crippen LogP contribution in [-0.4, -0.2) is 59.7 Å². The third-order valence-corrected chi connectivity index (χ3v) is 7.47. The minimum Gasteiger partial charge on any atom is -0.368 e. The summed E-state index contributed by atoms with van der Waals surface area (Å²) in [7, 11) is 0. The number of benzene rings is 2. The fraction of sp³-hybridized carbons (Fsp3) is 0.514. The molecule has 0 aliphatic heterocycles. The fourth-order valence-corrected chi connectivity index (χ4v) is 5.10. The lowest BCUT2D eigenvalue weighted by atomic mass is 10.00. The molecule has 0 bridgehead atoms. The number of carbonyl (C=O) groups excluding carboxylic acids is 5. The lowest BCUT2D eigenvalue weighted by Gasteiger charge is -2.27. The van der Waals surface area contributed by atoms with Gasteiger partial charge in [0.15, 0.2) is 0 Å². The number of hydrogen-bond acceptors (Lipinski definition) is 6. The van der Waals surface area contributed by atoms with Crippen molar-refractivity contribution >= 4 is 29.5 Å². The minimum atomic E-state index is -1.08. The van der Waals surface area contributed by atoms with Crippen molar-refractivity contribution in [3.8, 4) is 0 Å². The second-order valence-corrected chi connectivity index (χ2v) is 12.7. The zero-order chi connectivity index (χ0) is 34.2. The van der Waals surface area contributed by atoms with Crippen molar-refractivity contribution in [1.82, 2.24) is 21.3 Å². The predicted octanol–water partition coefficient (Wildman–Crippen LogP) is 2.12.